The van der Waals surface area contributed by atoms with Crippen molar-refractivity contribution >= 4 is 0 Å². The SMILES string of the molecule is CNCCOc1cccc(OCCCO)c1. The molecule has 90 valence electrons. The van der Waals surface area contributed by atoms with Crippen LogP contribution in [0.1, 0.15) is 6.42 Å². The molecule has 0 heterocycles. The van der Waals surface area contributed by atoms with Crippen LogP contribution < -0.4 is 14.8 Å². The Morgan fingerprint density at radius 3 is 2.50 bits per heavy atom. The van der Waals surface area contributed by atoms with E-state index in [2.05, 4.69) is 5.32 Å². The lowest BCUT2D eigenvalue weighted by Crippen LogP contribution is -2.15. The van der Waals surface area contributed by atoms with Gasteiger partial charge in [-0.15, -0.1) is 0 Å². The van der Waals surface area contributed by atoms with Crippen LogP contribution >= 0.6 is 0 Å². The van der Waals surface area contributed by atoms with Crippen molar-refractivity contribution in [2.45, 2.75) is 6.42 Å². The molecular formula is C12H19NO3. The lowest BCUT2D eigenvalue weighted by Gasteiger charge is -2.08. The molecule has 16 heavy (non-hydrogen) atoms. The number of hydrogen-bond donors (Lipinski definition) is 2. The van der Waals surface area contributed by atoms with Crippen LogP contribution in [0, 0.1) is 0 Å². The second-order valence-electron chi connectivity index (χ2n) is 3.35. The molecule has 2 N–H and O–H groups in total. The predicted octanol–water partition coefficient (Wildman–Crippen LogP) is 1.05. The van der Waals surface area contributed by atoms with Gasteiger partial charge in [-0.05, 0) is 19.2 Å². The summed E-state index contributed by atoms with van der Waals surface area (Å²) in [6.07, 6.45) is 0.644. The smallest absolute Gasteiger partial charge is 0.123 e. The van der Waals surface area contributed by atoms with Gasteiger partial charge in [-0.2, -0.15) is 0 Å². The zero-order valence-corrected chi connectivity index (χ0v) is 9.61. The quantitative estimate of drug-likeness (QED) is 0.649. The first-order valence-corrected chi connectivity index (χ1v) is 5.48. The summed E-state index contributed by atoms with van der Waals surface area (Å²) in [6, 6.07) is 7.52. The maximum absolute atomic E-state index is 8.63. The molecule has 1 rings (SSSR count). The molecule has 0 bridgehead atoms. The second kappa shape index (κ2) is 7.96. The van der Waals surface area contributed by atoms with Gasteiger partial charge < -0.3 is 19.9 Å². The van der Waals surface area contributed by atoms with Crippen molar-refractivity contribution in [1.29, 1.82) is 0 Å². The molecule has 0 spiro atoms. The van der Waals surface area contributed by atoms with Gasteiger partial charge in [0.05, 0.1) is 6.61 Å². The molecule has 1 aromatic carbocycles. The molecule has 0 fully saturated rings. The summed E-state index contributed by atoms with van der Waals surface area (Å²) in [5, 5.41) is 11.6. The molecule has 0 aliphatic heterocycles. The summed E-state index contributed by atoms with van der Waals surface area (Å²) in [5.41, 5.74) is 0. The van der Waals surface area contributed by atoms with Crippen molar-refractivity contribution < 1.29 is 14.6 Å². The van der Waals surface area contributed by atoms with Crippen LogP contribution in [0.2, 0.25) is 0 Å². The van der Waals surface area contributed by atoms with Crippen LogP contribution in [-0.4, -0.2) is 38.5 Å². The van der Waals surface area contributed by atoms with E-state index in [1.165, 1.54) is 0 Å². The fraction of sp³-hybridized carbons (Fsp3) is 0.500. The highest BCUT2D eigenvalue weighted by molar-refractivity contribution is 5.32. The van der Waals surface area contributed by atoms with Crippen molar-refractivity contribution in [3.63, 3.8) is 0 Å². The van der Waals surface area contributed by atoms with Gasteiger partial charge in [-0.25, -0.2) is 0 Å². The molecule has 0 aliphatic rings. The Kier molecular flexibility index (Phi) is 6.37. The number of rotatable bonds is 8. The number of ether oxygens (including phenoxy) is 2. The van der Waals surface area contributed by atoms with Gasteiger partial charge in [0.2, 0.25) is 0 Å². The monoisotopic (exact) mass is 225 g/mol. The van der Waals surface area contributed by atoms with Crippen LogP contribution in [0.25, 0.3) is 0 Å². The molecule has 4 heteroatoms. The number of nitrogens with one attached hydrogen (secondary N) is 1. The largest absolute Gasteiger partial charge is 0.493 e. The highest BCUT2D eigenvalue weighted by Gasteiger charge is 1.97. The lowest BCUT2D eigenvalue weighted by atomic mass is 10.3. The Morgan fingerprint density at radius 1 is 1.19 bits per heavy atom. The van der Waals surface area contributed by atoms with Gasteiger partial charge in [-0.3, -0.25) is 0 Å². The third-order valence-corrected chi connectivity index (χ3v) is 2.00. The van der Waals surface area contributed by atoms with E-state index in [0.29, 0.717) is 19.6 Å². The average molecular weight is 225 g/mol. The van der Waals surface area contributed by atoms with Crippen LogP contribution in [0.5, 0.6) is 11.5 Å². The zero-order valence-electron chi connectivity index (χ0n) is 9.61. The topological polar surface area (TPSA) is 50.7 Å². The first kappa shape index (κ1) is 12.8. The number of aliphatic hydroxyl groups excluding tert-OH is 1. The van der Waals surface area contributed by atoms with Gasteiger partial charge in [0.15, 0.2) is 0 Å². The summed E-state index contributed by atoms with van der Waals surface area (Å²) >= 11 is 0. The molecule has 0 aliphatic carbocycles. The lowest BCUT2D eigenvalue weighted by molar-refractivity contribution is 0.232. The molecule has 0 saturated carbocycles. The minimum atomic E-state index is 0.151. The number of hydrogen-bond acceptors (Lipinski definition) is 4. The van der Waals surface area contributed by atoms with E-state index >= 15 is 0 Å². The maximum Gasteiger partial charge on any atom is 0.123 e. The van der Waals surface area contributed by atoms with Gasteiger partial charge in [0.1, 0.15) is 18.1 Å². The van der Waals surface area contributed by atoms with Crippen molar-refractivity contribution in [2.24, 2.45) is 0 Å². The van der Waals surface area contributed by atoms with Gasteiger partial charge in [0, 0.05) is 25.6 Å². The van der Waals surface area contributed by atoms with E-state index in [1.54, 1.807) is 0 Å². The molecule has 0 unspecified atom stereocenters. The highest BCUT2D eigenvalue weighted by Crippen LogP contribution is 2.19. The molecule has 0 amide bonds. The van der Waals surface area contributed by atoms with E-state index in [1.807, 2.05) is 31.3 Å². The summed E-state index contributed by atoms with van der Waals surface area (Å²) in [6.45, 7) is 2.13. The van der Waals surface area contributed by atoms with Crippen molar-refractivity contribution in [3.05, 3.63) is 24.3 Å². The molecule has 1 aromatic rings. The standard InChI is InChI=1S/C12H19NO3/c1-13-6-9-16-12-5-2-4-11(10-12)15-8-3-7-14/h2,4-5,10,13-14H,3,6-9H2,1H3. The summed E-state index contributed by atoms with van der Waals surface area (Å²) < 4.78 is 10.9. The maximum atomic E-state index is 8.63. The van der Waals surface area contributed by atoms with Gasteiger partial charge >= 0.3 is 0 Å². The number of benzene rings is 1. The van der Waals surface area contributed by atoms with Crippen molar-refractivity contribution in [3.8, 4) is 11.5 Å². The van der Waals surface area contributed by atoms with Crippen LogP contribution in [0.15, 0.2) is 24.3 Å². The van der Waals surface area contributed by atoms with Crippen molar-refractivity contribution in [1.82, 2.24) is 5.32 Å². The van der Waals surface area contributed by atoms with Crippen LogP contribution in [-0.2, 0) is 0 Å². The predicted molar refractivity (Wildman–Crippen MR) is 63.1 cm³/mol. The first-order chi connectivity index (χ1) is 7.86. The van der Waals surface area contributed by atoms with E-state index in [4.69, 9.17) is 14.6 Å². The normalized spacial score (nSPS) is 10.1. The Bertz CT molecular complexity index is 266. The van der Waals surface area contributed by atoms with E-state index < -0.39 is 0 Å². The van der Waals surface area contributed by atoms with E-state index in [-0.39, 0.29) is 6.61 Å². The molecule has 0 atom stereocenters. The number of aliphatic hydroxyl groups is 1. The highest BCUT2D eigenvalue weighted by atomic mass is 16.5. The Balaban J connectivity index is 2.37. The van der Waals surface area contributed by atoms with Gasteiger partial charge in [0.25, 0.3) is 0 Å². The third kappa shape index (κ3) is 5.00. The number of likely N-dealkylation sites (N-methyl/N-ethyl adjacent to an activating group) is 1. The average Bonchev–Trinajstić information content (AvgIpc) is 2.30. The summed E-state index contributed by atoms with van der Waals surface area (Å²) in [7, 11) is 1.89. The third-order valence-electron chi connectivity index (χ3n) is 2.00. The van der Waals surface area contributed by atoms with E-state index in [9.17, 15) is 0 Å². The van der Waals surface area contributed by atoms with Crippen LogP contribution in [0.3, 0.4) is 0 Å². The summed E-state index contributed by atoms with van der Waals surface area (Å²) in [5.74, 6) is 1.58. The van der Waals surface area contributed by atoms with Crippen LogP contribution in [0.4, 0.5) is 0 Å². The Hall–Kier alpha value is -1.26. The minimum Gasteiger partial charge on any atom is -0.493 e. The molecule has 0 aromatic heterocycles. The fourth-order valence-corrected chi connectivity index (χ4v) is 1.18. The van der Waals surface area contributed by atoms with Gasteiger partial charge in [-0.1, -0.05) is 6.07 Å². The van der Waals surface area contributed by atoms with Crippen molar-refractivity contribution in [2.75, 3.05) is 33.4 Å². The molecule has 4 nitrogen and oxygen atoms in total. The Morgan fingerprint density at radius 2 is 1.88 bits per heavy atom. The zero-order chi connectivity index (χ0) is 11.6. The van der Waals surface area contributed by atoms with E-state index in [0.717, 1.165) is 18.0 Å². The molecular weight excluding hydrogens is 206 g/mol. The second-order valence-corrected chi connectivity index (χ2v) is 3.35. The first-order valence-electron chi connectivity index (χ1n) is 5.48. The Labute approximate surface area is 96.2 Å². The summed E-state index contributed by atoms with van der Waals surface area (Å²) in [4.78, 5) is 0. The minimum absolute atomic E-state index is 0.151. The molecule has 0 radical (unpaired) electrons. The molecule has 0 saturated heterocycles. The fourth-order valence-electron chi connectivity index (χ4n) is 1.18.